The van der Waals surface area contributed by atoms with E-state index in [0.29, 0.717) is 16.7 Å². The van der Waals surface area contributed by atoms with Gasteiger partial charge in [0.05, 0.1) is 11.6 Å². The van der Waals surface area contributed by atoms with Crippen LogP contribution in [0.1, 0.15) is 45.2 Å². The molecule has 0 saturated heterocycles. The Hall–Kier alpha value is -0.280. The molecule has 0 spiro atoms. The molecule has 18 heavy (non-hydrogen) atoms. The molecule has 0 aliphatic heterocycles. The minimum atomic E-state index is -0.386. The van der Waals surface area contributed by atoms with E-state index in [9.17, 15) is 0 Å². The number of ether oxygens (including phenoxy) is 1. The first kappa shape index (κ1) is 15.8. The average molecular weight is 290 g/mol. The molecule has 0 saturated carbocycles. The smallest absolute Gasteiger partial charge is 0.0869 e. The van der Waals surface area contributed by atoms with Crippen molar-refractivity contribution in [2.24, 2.45) is 5.73 Å². The molecule has 2 N–H and O–H groups in total. The highest BCUT2D eigenvalue weighted by atomic mass is 35.5. The van der Waals surface area contributed by atoms with Gasteiger partial charge in [-0.25, -0.2) is 0 Å². The van der Waals surface area contributed by atoms with Crippen molar-refractivity contribution in [3.8, 4) is 0 Å². The van der Waals surface area contributed by atoms with E-state index in [2.05, 4.69) is 13.8 Å². The standard InChI is InChI=1S/C14H21Cl2NO/c1-4-14(5-2,18-6-3)13(17)11-9-10(15)7-8-12(11)16/h7-9,13H,4-6,17H2,1-3H3. The van der Waals surface area contributed by atoms with Crippen molar-refractivity contribution in [2.75, 3.05) is 6.61 Å². The van der Waals surface area contributed by atoms with E-state index in [4.69, 9.17) is 33.7 Å². The second-order valence-electron chi connectivity index (χ2n) is 4.35. The molecule has 4 heteroatoms. The van der Waals surface area contributed by atoms with E-state index in [1.807, 2.05) is 13.0 Å². The number of nitrogens with two attached hydrogens (primary N) is 1. The second-order valence-corrected chi connectivity index (χ2v) is 5.19. The van der Waals surface area contributed by atoms with Crippen LogP contribution in [0.4, 0.5) is 0 Å². The van der Waals surface area contributed by atoms with Crippen molar-refractivity contribution in [1.29, 1.82) is 0 Å². The zero-order chi connectivity index (χ0) is 13.8. The highest BCUT2D eigenvalue weighted by Crippen LogP contribution is 2.37. The Kier molecular flexibility index (Phi) is 5.93. The van der Waals surface area contributed by atoms with Crippen LogP contribution < -0.4 is 5.73 Å². The lowest BCUT2D eigenvalue weighted by Gasteiger charge is -2.38. The maximum absolute atomic E-state index is 6.38. The monoisotopic (exact) mass is 289 g/mol. The van der Waals surface area contributed by atoms with Crippen LogP contribution in [0.25, 0.3) is 0 Å². The molecule has 2 nitrogen and oxygen atoms in total. The molecule has 1 atom stereocenters. The van der Waals surface area contributed by atoms with Gasteiger partial charge in [-0.15, -0.1) is 0 Å². The predicted molar refractivity (Wildman–Crippen MR) is 78.3 cm³/mol. The minimum Gasteiger partial charge on any atom is -0.373 e. The molecule has 0 bridgehead atoms. The molecule has 0 fully saturated rings. The Morgan fingerprint density at radius 1 is 1.22 bits per heavy atom. The van der Waals surface area contributed by atoms with Crippen LogP contribution in [0.5, 0.6) is 0 Å². The Bertz CT molecular complexity index is 391. The van der Waals surface area contributed by atoms with Gasteiger partial charge in [-0.3, -0.25) is 0 Å². The highest BCUT2D eigenvalue weighted by Gasteiger charge is 2.36. The Labute approximate surface area is 119 Å². The molecular weight excluding hydrogens is 269 g/mol. The van der Waals surface area contributed by atoms with Gasteiger partial charge in [0.2, 0.25) is 0 Å². The van der Waals surface area contributed by atoms with Gasteiger partial charge < -0.3 is 10.5 Å². The second kappa shape index (κ2) is 6.76. The molecule has 0 aromatic heterocycles. The number of hydrogen-bond acceptors (Lipinski definition) is 2. The Morgan fingerprint density at radius 2 is 1.83 bits per heavy atom. The molecule has 1 aromatic carbocycles. The van der Waals surface area contributed by atoms with E-state index < -0.39 is 0 Å². The number of halogens is 2. The fraction of sp³-hybridized carbons (Fsp3) is 0.571. The van der Waals surface area contributed by atoms with E-state index in [1.165, 1.54) is 0 Å². The topological polar surface area (TPSA) is 35.2 Å². The summed E-state index contributed by atoms with van der Waals surface area (Å²) in [4.78, 5) is 0. The lowest BCUT2D eigenvalue weighted by Crippen LogP contribution is -2.43. The molecule has 0 aliphatic rings. The van der Waals surface area contributed by atoms with E-state index >= 15 is 0 Å². The fourth-order valence-electron chi connectivity index (χ4n) is 2.31. The normalized spacial score (nSPS) is 13.7. The number of hydrogen-bond donors (Lipinski definition) is 1. The molecular formula is C14H21Cl2NO. The molecule has 102 valence electrons. The van der Waals surface area contributed by atoms with Crippen molar-refractivity contribution in [3.05, 3.63) is 33.8 Å². The first-order chi connectivity index (χ1) is 8.50. The molecule has 0 radical (unpaired) electrons. The van der Waals surface area contributed by atoms with Crippen molar-refractivity contribution in [3.63, 3.8) is 0 Å². The molecule has 0 heterocycles. The lowest BCUT2D eigenvalue weighted by molar-refractivity contribution is -0.0645. The molecule has 1 rings (SSSR count). The van der Waals surface area contributed by atoms with Crippen molar-refractivity contribution in [1.82, 2.24) is 0 Å². The van der Waals surface area contributed by atoms with Crippen LogP contribution in [0.2, 0.25) is 10.0 Å². The SMILES string of the molecule is CCOC(CC)(CC)C(N)c1cc(Cl)ccc1Cl. The molecule has 0 amide bonds. The van der Waals surface area contributed by atoms with E-state index in [1.54, 1.807) is 12.1 Å². The maximum Gasteiger partial charge on any atom is 0.0869 e. The quantitative estimate of drug-likeness (QED) is 0.831. The zero-order valence-corrected chi connectivity index (χ0v) is 12.7. The van der Waals surface area contributed by atoms with E-state index in [0.717, 1.165) is 18.4 Å². The van der Waals surface area contributed by atoms with Gasteiger partial charge in [0, 0.05) is 16.7 Å². The van der Waals surface area contributed by atoms with Crippen molar-refractivity contribution < 1.29 is 4.74 Å². The van der Waals surface area contributed by atoms with Gasteiger partial charge in [0.15, 0.2) is 0 Å². The highest BCUT2D eigenvalue weighted by molar-refractivity contribution is 6.33. The van der Waals surface area contributed by atoms with Gasteiger partial charge in [-0.1, -0.05) is 37.0 Å². The maximum atomic E-state index is 6.38. The number of rotatable bonds is 6. The third kappa shape index (κ3) is 3.18. The minimum absolute atomic E-state index is 0.279. The summed E-state index contributed by atoms with van der Waals surface area (Å²) in [5.41, 5.74) is 6.85. The van der Waals surface area contributed by atoms with Crippen LogP contribution in [0.3, 0.4) is 0 Å². The van der Waals surface area contributed by atoms with Crippen LogP contribution >= 0.6 is 23.2 Å². The first-order valence-electron chi connectivity index (χ1n) is 6.35. The van der Waals surface area contributed by atoms with Gasteiger partial charge in [0.1, 0.15) is 0 Å². The first-order valence-corrected chi connectivity index (χ1v) is 7.10. The van der Waals surface area contributed by atoms with Crippen molar-refractivity contribution >= 4 is 23.2 Å². The van der Waals surface area contributed by atoms with Crippen molar-refractivity contribution in [2.45, 2.75) is 45.3 Å². The third-order valence-corrected chi connectivity index (χ3v) is 4.07. The van der Waals surface area contributed by atoms with Crippen LogP contribution in [0, 0.1) is 0 Å². The molecule has 1 unspecified atom stereocenters. The summed E-state index contributed by atoms with van der Waals surface area (Å²) in [5, 5.41) is 1.28. The summed E-state index contributed by atoms with van der Waals surface area (Å²) in [7, 11) is 0. The van der Waals surface area contributed by atoms with Gasteiger partial charge in [0.25, 0.3) is 0 Å². The van der Waals surface area contributed by atoms with Gasteiger partial charge in [-0.2, -0.15) is 0 Å². The fourth-order valence-corrected chi connectivity index (χ4v) is 2.72. The van der Waals surface area contributed by atoms with Crippen LogP contribution in [-0.2, 0) is 4.74 Å². The lowest BCUT2D eigenvalue weighted by atomic mass is 9.84. The van der Waals surface area contributed by atoms with Gasteiger partial charge in [-0.05, 0) is 43.5 Å². The summed E-state index contributed by atoms with van der Waals surface area (Å²) in [6, 6.07) is 5.09. The molecule has 0 aliphatic carbocycles. The Morgan fingerprint density at radius 3 is 2.33 bits per heavy atom. The summed E-state index contributed by atoms with van der Waals surface area (Å²) in [6.07, 6.45) is 1.67. The van der Waals surface area contributed by atoms with Crippen LogP contribution in [-0.4, -0.2) is 12.2 Å². The summed E-state index contributed by atoms with van der Waals surface area (Å²) < 4.78 is 5.91. The average Bonchev–Trinajstić information content (AvgIpc) is 2.38. The molecule has 1 aromatic rings. The van der Waals surface area contributed by atoms with Crippen LogP contribution in [0.15, 0.2) is 18.2 Å². The summed E-state index contributed by atoms with van der Waals surface area (Å²) >= 11 is 12.2. The van der Waals surface area contributed by atoms with Gasteiger partial charge >= 0.3 is 0 Å². The zero-order valence-electron chi connectivity index (χ0n) is 11.2. The number of benzene rings is 1. The Balaban J connectivity index is 3.16. The predicted octanol–water partition coefficient (Wildman–Crippen LogP) is 4.59. The third-order valence-electron chi connectivity index (χ3n) is 3.49. The largest absolute Gasteiger partial charge is 0.373 e. The summed E-state index contributed by atoms with van der Waals surface area (Å²) in [6.45, 7) is 6.77. The van der Waals surface area contributed by atoms with E-state index in [-0.39, 0.29) is 11.6 Å². The summed E-state index contributed by atoms with van der Waals surface area (Å²) in [5.74, 6) is 0.